The molecule has 1 heterocycles. The van der Waals surface area contributed by atoms with Gasteiger partial charge in [-0.15, -0.1) is 5.10 Å². The monoisotopic (exact) mass is 326 g/mol. The summed E-state index contributed by atoms with van der Waals surface area (Å²) < 4.78 is 39.7. The minimum atomic E-state index is -1.54. The maximum atomic E-state index is 13.6. The van der Waals surface area contributed by atoms with Gasteiger partial charge in [-0.2, -0.15) is 10.1 Å². The minimum Gasteiger partial charge on any atom is -0.353 e. The van der Waals surface area contributed by atoms with Crippen LogP contribution in [0, 0.1) is 17.5 Å². The van der Waals surface area contributed by atoms with E-state index in [0.29, 0.717) is 6.54 Å². The van der Waals surface area contributed by atoms with Crippen LogP contribution in [0.3, 0.4) is 0 Å². The molecule has 0 bridgehead atoms. The van der Waals surface area contributed by atoms with Crippen molar-refractivity contribution in [2.75, 3.05) is 37.8 Å². The summed E-state index contributed by atoms with van der Waals surface area (Å²) in [7, 11) is 3.94. The highest BCUT2D eigenvalue weighted by atomic mass is 19.2. The third-order valence-electron chi connectivity index (χ3n) is 2.92. The van der Waals surface area contributed by atoms with Crippen molar-refractivity contribution in [3.05, 3.63) is 35.8 Å². The fourth-order valence-electron chi connectivity index (χ4n) is 1.79. The summed E-state index contributed by atoms with van der Waals surface area (Å²) >= 11 is 0. The molecule has 0 saturated carbocycles. The molecule has 0 unspecified atom stereocenters. The fourth-order valence-corrected chi connectivity index (χ4v) is 1.79. The van der Waals surface area contributed by atoms with Crippen molar-refractivity contribution in [1.82, 2.24) is 20.1 Å². The van der Waals surface area contributed by atoms with Gasteiger partial charge in [-0.05, 0) is 39.2 Å². The lowest BCUT2D eigenvalue weighted by molar-refractivity contribution is 0.405. The standard InChI is InChI=1S/C14H17F3N6/c1-23(2)7-3-6-18-14-21-11(8-19-22-14)20-10-5-4-9(15)12(16)13(10)17/h4-5,8H,3,6-7H2,1-2H3,(H2,18,20,21,22). The number of hydrogen-bond acceptors (Lipinski definition) is 6. The van der Waals surface area contributed by atoms with Crippen LogP contribution in [0.25, 0.3) is 0 Å². The molecule has 0 aliphatic heterocycles. The van der Waals surface area contributed by atoms with Gasteiger partial charge in [0.05, 0.1) is 11.9 Å². The van der Waals surface area contributed by atoms with Crippen molar-refractivity contribution in [1.29, 1.82) is 0 Å². The van der Waals surface area contributed by atoms with Crippen molar-refractivity contribution in [2.45, 2.75) is 6.42 Å². The normalized spacial score (nSPS) is 10.9. The quantitative estimate of drug-likeness (QED) is 0.602. The first kappa shape index (κ1) is 16.9. The summed E-state index contributed by atoms with van der Waals surface area (Å²) in [6, 6.07) is 1.91. The molecule has 124 valence electrons. The van der Waals surface area contributed by atoms with E-state index < -0.39 is 17.5 Å². The summed E-state index contributed by atoms with van der Waals surface area (Å²) in [5, 5.41) is 13.1. The largest absolute Gasteiger partial charge is 0.353 e. The van der Waals surface area contributed by atoms with Crippen LogP contribution >= 0.6 is 0 Å². The molecule has 2 N–H and O–H groups in total. The van der Waals surface area contributed by atoms with E-state index in [2.05, 4.69) is 25.8 Å². The molecule has 0 fully saturated rings. The second-order valence-electron chi connectivity index (χ2n) is 5.10. The fraction of sp³-hybridized carbons (Fsp3) is 0.357. The maximum Gasteiger partial charge on any atom is 0.244 e. The number of anilines is 3. The van der Waals surface area contributed by atoms with E-state index in [9.17, 15) is 13.2 Å². The molecular formula is C14H17F3N6. The van der Waals surface area contributed by atoms with Crippen LogP contribution in [0.2, 0.25) is 0 Å². The summed E-state index contributed by atoms with van der Waals surface area (Å²) in [5.74, 6) is -3.68. The Hall–Kier alpha value is -2.42. The third-order valence-corrected chi connectivity index (χ3v) is 2.92. The average molecular weight is 326 g/mol. The zero-order chi connectivity index (χ0) is 16.8. The van der Waals surface area contributed by atoms with Gasteiger partial charge in [0.2, 0.25) is 5.95 Å². The Morgan fingerprint density at radius 2 is 1.91 bits per heavy atom. The molecule has 1 aromatic heterocycles. The van der Waals surface area contributed by atoms with E-state index in [1.807, 2.05) is 19.0 Å². The molecule has 0 spiro atoms. The average Bonchev–Trinajstić information content (AvgIpc) is 2.52. The van der Waals surface area contributed by atoms with Gasteiger partial charge in [-0.25, -0.2) is 13.2 Å². The molecule has 0 saturated heterocycles. The number of rotatable bonds is 7. The van der Waals surface area contributed by atoms with Gasteiger partial charge in [0.1, 0.15) is 0 Å². The van der Waals surface area contributed by atoms with Crippen LogP contribution in [0.4, 0.5) is 30.6 Å². The number of benzene rings is 1. The Bertz CT molecular complexity index is 665. The number of halogens is 3. The van der Waals surface area contributed by atoms with Crippen molar-refractivity contribution in [2.24, 2.45) is 0 Å². The summed E-state index contributed by atoms with van der Waals surface area (Å²) in [6.45, 7) is 1.54. The van der Waals surface area contributed by atoms with Crippen LogP contribution in [-0.2, 0) is 0 Å². The van der Waals surface area contributed by atoms with E-state index in [4.69, 9.17) is 0 Å². The molecule has 2 aromatic rings. The van der Waals surface area contributed by atoms with E-state index in [1.165, 1.54) is 6.20 Å². The zero-order valence-corrected chi connectivity index (χ0v) is 12.8. The van der Waals surface area contributed by atoms with E-state index in [1.54, 1.807) is 0 Å². The SMILES string of the molecule is CN(C)CCCNc1nncc(Nc2ccc(F)c(F)c2F)n1. The molecule has 1 aromatic carbocycles. The molecule has 0 aliphatic carbocycles. The second-order valence-corrected chi connectivity index (χ2v) is 5.10. The van der Waals surface area contributed by atoms with E-state index >= 15 is 0 Å². The van der Waals surface area contributed by atoms with Crippen molar-refractivity contribution in [3.63, 3.8) is 0 Å². The molecule has 2 rings (SSSR count). The first-order chi connectivity index (χ1) is 11.0. The Morgan fingerprint density at radius 3 is 2.65 bits per heavy atom. The predicted molar refractivity (Wildman–Crippen MR) is 81.1 cm³/mol. The highest BCUT2D eigenvalue weighted by Crippen LogP contribution is 2.22. The molecule has 23 heavy (non-hydrogen) atoms. The topological polar surface area (TPSA) is 66.0 Å². The Kier molecular flexibility index (Phi) is 5.69. The van der Waals surface area contributed by atoms with Gasteiger partial charge in [0, 0.05) is 6.54 Å². The van der Waals surface area contributed by atoms with Gasteiger partial charge < -0.3 is 15.5 Å². The van der Waals surface area contributed by atoms with Gasteiger partial charge in [0.15, 0.2) is 23.3 Å². The van der Waals surface area contributed by atoms with Crippen molar-refractivity contribution < 1.29 is 13.2 Å². The van der Waals surface area contributed by atoms with Crippen molar-refractivity contribution in [3.8, 4) is 0 Å². The van der Waals surface area contributed by atoms with Gasteiger partial charge >= 0.3 is 0 Å². The van der Waals surface area contributed by atoms with E-state index in [-0.39, 0.29) is 17.5 Å². The maximum absolute atomic E-state index is 13.6. The van der Waals surface area contributed by atoms with E-state index in [0.717, 1.165) is 25.1 Å². The smallest absolute Gasteiger partial charge is 0.244 e. The predicted octanol–water partition coefficient (Wildman–Crippen LogP) is 2.40. The third kappa shape index (κ3) is 4.78. The van der Waals surface area contributed by atoms with Crippen molar-refractivity contribution >= 4 is 17.5 Å². The molecule has 9 heteroatoms. The number of aromatic nitrogens is 3. The minimum absolute atomic E-state index is 0.167. The Balaban J connectivity index is 2.01. The summed E-state index contributed by atoms with van der Waals surface area (Å²) in [5.41, 5.74) is -0.233. The van der Waals surface area contributed by atoms with Crippen LogP contribution in [0.15, 0.2) is 18.3 Å². The van der Waals surface area contributed by atoms with Crippen LogP contribution in [-0.4, -0.2) is 47.3 Å². The number of nitrogens with zero attached hydrogens (tertiary/aromatic N) is 4. The highest BCUT2D eigenvalue weighted by Gasteiger charge is 2.14. The first-order valence-corrected chi connectivity index (χ1v) is 6.96. The van der Waals surface area contributed by atoms with Crippen LogP contribution < -0.4 is 10.6 Å². The Labute approximate surface area is 131 Å². The van der Waals surface area contributed by atoms with Gasteiger partial charge in [-0.3, -0.25) is 0 Å². The first-order valence-electron chi connectivity index (χ1n) is 6.96. The van der Waals surface area contributed by atoms with Gasteiger partial charge in [0.25, 0.3) is 0 Å². The van der Waals surface area contributed by atoms with Crippen LogP contribution in [0.5, 0.6) is 0 Å². The number of nitrogens with one attached hydrogen (secondary N) is 2. The molecule has 6 nitrogen and oxygen atoms in total. The molecule has 0 aliphatic rings. The zero-order valence-electron chi connectivity index (χ0n) is 12.8. The lowest BCUT2D eigenvalue weighted by Crippen LogP contribution is -2.17. The highest BCUT2D eigenvalue weighted by molar-refractivity contribution is 5.57. The summed E-state index contributed by atoms with van der Waals surface area (Å²) in [6.07, 6.45) is 2.14. The lowest BCUT2D eigenvalue weighted by atomic mass is 10.3. The molecule has 0 atom stereocenters. The second kappa shape index (κ2) is 7.73. The molecular weight excluding hydrogens is 309 g/mol. The summed E-state index contributed by atoms with van der Waals surface area (Å²) in [4.78, 5) is 6.13. The lowest BCUT2D eigenvalue weighted by Gasteiger charge is -2.10. The number of hydrogen-bond donors (Lipinski definition) is 2. The molecule has 0 amide bonds. The van der Waals surface area contributed by atoms with Crippen LogP contribution in [0.1, 0.15) is 6.42 Å². The van der Waals surface area contributed by atoms with Gasteiger partial charge in [-0.1, -0.05) is 0 Å². The molecule has 0 radical (unpaired) electrons. The Morgan fingerprint density at radius 1 is 1.13 bits per heavy atom.